The van der Waals surface area contributed by atoms with Crippen LogP contribution in [0.5, 0.6) is 0 Å². The zero-order valence-corrected chi connectivity index (χ0v) is 6.28. The van der Waals surface area contributed by atoms with Crippen LogP contribution in [0, 0.1) is 0 Å². The molecular weight excluding hydrogens is 120 g/mol. The number of nitrogens with two attached hydrogens (primary N) is 1. The van der Waals surface area contributed by atoms with Crippen molar-refractivity contribution < 1.29 is 0 Å². The van der Waals surface area contributed by atoms with Gasteiger partial charge in [-0.2, -0.15) is 12.6 Å². The summed E-state index contributed by atoms with van der Waals surface area (Å²) in [4.78, 5) is 0. The van der Waals surface area contributed by atoms with Crippen LogP contribution in [0.25, 0.3) is 0 Å². The largest absolute Gasteiger partial charge is 0.316 e. The van der Waals surface area contributed by atoms with Crippen LogP contribution in [-0.4, -0.2) is 11.5 Å². The molecule has 2 atom stereocenters. The molecule has 0 aliphatic carbocycles. The Hall–Kier alpha value is 0.270. The summed E-state index contributed by atoms with van der Waals surface area (Å²) in [6, 6.07) is 0. The fraction of sp³-hybridized carbons (Fsp3) is 1.00. The lowest BCUT2D eigenvalue weighted by atomic mass is 10.4. The van der Waals surface area contributed by atoms with Crippen molar-refractivity contribution in [3.8, 4) is 0 Å². The van der Waals surface area contributed by atoms with Crippen molar-refractivity contribution in [2.45, 2.75) is 31.8 Å². The van der Waals surface area contributed by atoms with Crippen LogP contribution in [0.4, 0.5) is 0 Å². The van der Waals surface area contributed by atoms with Gasteiger partial charge in [0.1, 0.15) is 0 Å². The minimum absolute atomic E-state index is 0.0995. The second kappa shape index (κ2) is 4.18. The summed E-state index contributed by atoms with van der Waals surface area (Å²) in [6.45, 7) is 3.99. The summed E-state index contributed by atoms with van der Waals surface area (Å²) in [5.41, 5.74) is 5.51. The number of hydrogen-bond acceptors (Lipinski definition) is 3. The van der Waals surface area contributed by atoms with Gasteiger partial charge < -0.3 is 5.73 Å². The van der Waals surface area contributed by atoms with Crippen molar-refractivity contribution in [1.29, 1.82) is 0 Å². The molecule has 50 valence electrons. The summed E-state index contributed by atoms with van der Waals surface area (Å²) in [7, 11) is 0. The molecule has 0 fully saturated rings. The Balaban J connectivity index is 3.10. The van der Waals surface area contributed by atoms with Gasteiger partial charge in [0, 0.05) is 5.37 Å². The van der Waals surface area contributed by atoms with Gasteiger partial charge in [0.2, 0.25) is 0 Å². The third kappa shape index (κ3) is 4.43. The zero-order valence-electron chi connectivity index (χ0n) is 5.39. The van der Waals surface area contributed by atoms with E-state index in [4.69, 9.17) is 5.73 Å². The van der Waals surface area contributed by atoms with E-state index in [0.29, 0.717) is 0 Å². The molecule has 3 N–H and O–H groups in total. The molecule has 0 rings (SSSR count). The predicted molar refractivity (Wildman–Crippen MR) is 39.9 cm³/mol. The lowest BCUT2D eigenvalue weighted by Crippen LogP contribution is -2.39. The van der Waals surface area contributed by atoms with Crippen LogP contribution in [0.2, 0.25) is 0 Å². The summed E-state index contributed by atoms with van der Waals surface area (Å²) in [6.07, 6.45) is 1.05. The van der Waals surface area contributed by atoms with Gasteiger partial charge in [0.05, 0.1) is 6.17 Å². The van der Waals surface area contributed by atoms with E-state index in [1.54, 1.807) is 0 Å². The zero-order chi connectivity index (χ0) is 6.57. The molecule has 0 aliphatic heterocycles. The molecule has 3 heteroatoms. The molecular formula is C5H14N2S. The highest BCUT2D eigenvalue weighted by Crippen LogP contribution is 1.88. The van der Waals surface area contributed by atoms with Gasteiger partial charge in [-0.05, 0) is 13.3 Å². The summed E-state index contributed by atoms with van der Waals surface area (Å²) < 4.78 is 0. The van der Waals surface area contributed by atoms with E-state index in [2.05, 4.69) is 17.9 Å². The highest BCUT2D eigenvalue weighted by molar-refractivity contribution is 7.80. The van der Waals surface area contributed by atoms with E-state index in [0.717, 1.165) is 6.42 Å². The van der Waals surface area contributed by atoms with Crippen molar-refractivity contribution in [2.75, 3.05) is 0 Å². The molecule has 2 unspecified atom stereocenters. The minimum atomic E-state index is 0.0995. The Morgan fingerprint density at radius 2 is 2.25 bits per heavy atom. The highest BCUT2D eigenvalue weighted by Gasteiger charge is 1.98. The van der Waals surface area contributed by atoms with Crippen molar-refractivity contribution in [3.05, 3.63) is 0 Å². The smallest absolute Gasteiger partial charge is 0.0551 e. The quantitative estimate of drug-likeness (QED) is 0.389. The SMILES string of the molecule is CCC(N)NC(C)S. The fourth-order valence-corrected chi connectivity index (χ4v) is 0.619. The molecule has 0 saturated carbocycles. The Morgan fingerprint density at radius 3 is 2.38 bits per heavy atom. The van der Waals surface area contributed by atoms with Gasteiger partial charge in [-0.15, -0.1) is 0 Å². The molecule has 0 amide bonds. The Morgan fingerprint density at radius 1 is 1.75 bits per heavy atom. The van der Waals surface area contributed by atoms with E-state index in [1.807, 2.05) is 13.8 Å². The average Bonchev–Trinajstić information content (AvgIpc) is 1.65. The normalized spacial score (nSPS) is 18.0. The van der Waals surface area contributed by atoms with Crippen LogP contribution in [-0.2, 0) is 0 Å². The topological polar surface area (TPSA) is 38.0 Å². The van der Waals surface area contributed by atoms with Crippen molar-refractivity contribution >= 4 is 12.6 Å². The van der Waals surface area contributed by atoms with Gasteiger partial charge >= 0.3 is 0 Å². The third-order valence-corrected chi connectivity index (χ3v) is 1.04. The van der Waals surface area contributed by atoms with E-state index < -0.39 is 0 Å². The average molecular weight is 134 g/mol. The third-order valence-electron chi connectivity index (χ3n) is 0.895. The molecule has 0 bridgehead atoms. The lowest BCUT2D eigenvalue weighted by molar-refractivity contribution is 0.514. The van der Waals surface area contributed by atoms with Gasteiger partial charge in [-0.1, -0.05) is 6.92 Å². The number of thiol groups is 1. The maximum Gasteiger partial charge on any atom is 0.0551 e. The molecule has 0 aromatic carbocycles. The second-order valence-electron chi connectivity index (χ2n) is 1.86. The Kier molecular flexibility index (Phi) is 4.32. The van der Waals surface area contributed by atoms with Gasteiger partial charge in [-0.25, -0.2) is 0 Å². The van der Waals surface area contributed by atoms with Crippen LogP contribution < -0.4 is 11.1 Å². The molecule has 0 radical (unpaired) electrons. The molecule has 0 heterocycles. The van der Waals surface area contributed by atoms with Crippen molar-refractivity contribution in [3.63, 3.8) is 0 Å². The fourth-order valence-electron chi connectivity index (χ4n) is 0.428. The van der Waals surface area contributed by atoms with Crippen LogP contribution in [0.1, 0.15) is 20.3 Å². The molecule has 0 spiro atoms. The monoisotopic (exact) mass is 134 g/mol. The first-order chi connectivity index (χ1) is 3.66. The Bertz CT molecular complexity index is 56.4. The van der Waals surface area contributed by atoms with Crippen LogP contribution >= 0.6 is 12.6 Å². The molecule has 0 aliphatic rings. The molecule has 8 heavy (non-hydrogen) atoms. The Labute approximate surface area is 56.2 Å². The van der Waals surface area contributed by atoms with Gasteiger partial charge in [0.15, 0.2) is 0 Å². The van der Waals surface area contributed by atoms with Crippen LogP contribution in [0.3, 0.4) is 0 Å². The second-order valence-corrected chi connectivity index (χ2v) is 2.63. The lowest BCUT2D eigenvalue weighted by Gasteiger charge is -2.12. The van der Waals surface area contributed by atoms with E-state index >= 15 is 0 Å². The summed E-state index contributed by atoms with van der Waals surface area (Å²) >= 11 is 4.10. The minimum Gasteiger partial charge on any atom is -0.316 e. The first-order valence-electron chi connectivity index (χ1n) is 2.86. The van der Waals surface area contributed by atoms with Gasteiger partial charge in [0.25, 0.3) is 0 Å². The van der Waals surface area contributed by atoms with E-state index in [9.17, 15) is 0 Å². The van der Waals surface area contributed by atoms with Crippen LogP contribution in [0.15, 0.2) is 0 Å². The van der Waals surface area contributed by atoms with E-state index in [1.165, 1.54) is 0 Å². The van der Waals surface area contributed by atoms with Crippen molar-refractivity contribution in [1.82, 2.24) is 5.32 Å². The number of hydrogen-bond donors (Lipinski definition) is 3. The van der Waals surface area contributed by atoms with Gasteiger partial charge in [-0.3, -0.25) is 5.32 Å². The standard InChI is InChI=1S/C5H14N2S/c1-3-5(6)7-4(2)8/h4-5,7-8H,3,6H2,1-2H3. The number of nitrogens with one attached hydrogen (secondary N) is 1. The maximum atomic E-state index is 5.51. The van der Waals surface area contributed by atoms with E-state index in [-0.39, 0.29) is 11.5 Å². The number of rotatable bonds is 3. The highest BCUT2D eigenvalue weighted by atomic mass is 32.1. The first-order valence-corrected chi connectivity index (χ1v) is 3.38. The first kappa shape index (κ1) is 8.27. The molecule has 0 aromatic rings. The molecule has 0 saturated heterocycles. The molecule has 2 nitrogen and oxygen atoms in total. The maximum absolute atomic E-state index is 5.51. The molecule has 0 aromatic heterocycles. The summed E-state index contributed by atoms with van der Waals surface area (Å²) in [5, 5.41) is 3.23. The summed E-state index contributed by atoms with van der Waals surface area (Å²) in [5.74, 6) is 0. The predicted octanol–water partition coefficient (Wildman–Crippen LogP) is 0.547. The van der Waals surface area contributed by atoms with Crippen molar-refractivity contribution in [2.24, 2.45) is 5.73 Å².